The summed E-state index contributed by atoms with van der Waals surface area (Å²) in [4.78, 5) is 187. The summed E-state index contributed by atoms with van der Waals surface area (Å²) in [5.41, 5.74) is 6.34. The average molecular weight is 1650 g/mol. The maximum absolute atomic E-state index is 12.3. The van der Waals surface area contributed by atoms with Gasteiger partial charge in [0.1, 0.15) is 75.0 Å². The molecule has 11 rings (SSSR count). The number of carbonyl (C=O) groups is 16. The number of fused-ring (bicyclic) bond motifs is 5. The summed E-state index contributed by atoms with van der Waals surface area (Å²) < 4.78 is 27.5. The minimum Gasteiger partial charge on any atom is -0.535 e. The second-order valence-corrected chi connectivity index (χ2v) is 32.3. The second kappa shape index (κ2) is 45.5. The summed E-state index contributed by atoms with van der Waals surface area (Å²) in [6, 6.07) is 35.1. The Morgan fingerprint density at radius 1 is 0.322 bits per heavy atom. The molecule has 0 unspecified atom stereocenters. The number of ketones is 16. The van der Waals surface area contributed by atoms with E-state index in [9.17, 15) is 102 Å². The Bertz CT molecular complexity index is 4930. The molecule has 0 saturated carbocycles. The van der Waals surface area contributed by atoms with Crippen LogP contribution in [0.5, 0.6) is 28.7 Å². The van der Waals surface area contributed by atoms with Gasteiger partial charge in [-0.1, -0.05) is 112 Å². The zero-order chi connectivity index (χ0) is 89.3. The lowest BCUT2D eigenvalue weighted by Crippen LogP contribution is -2.35. The highest BCUT2D eigenvalue weighted by Gasteiger charge is 2.43. The lowest BCUT2D eigenvalue weighted by molar-refractivity contribution is -0.129. The number of para-hydroxylation sites is 5. The molecule has 5 N–H and O–H groups in total. The van der Waals surface area contributed by atoms with Gasteiger partial charge in [0, 0.05) is 124 Å². The Kier molecular flexibility index (Phi) is 36.5. The third kappa shape index (κ3) is 29.4. The van der Waals surface area contributed by atoms with Crippen LogP contribution in [0.1, 0.15) is 256 Å². The normalized spacial score (nSPS) is 16.4. The molecule has 0 bridgehead atoms. The first kappa shape index (κ1) is 97.0. The first-order chi connectivity index (χ1) is 57.1. The van der Waals surface area contributed by atoms with E-state index in [-0.39, 0.29) is 200 Å². The second-order valence-electron chi connectivity index (χ2n) is 32.3. The van der Waals surface area contributed by atoms with Crippen LogP contribution < -0.4 is 23.3 Å². The van der Waals surface area contributed by atoms with E-state index in [4.69, 9.17) is 23.3 Å². The van der Waals surface area contributed by atoms with E-state index < -0.39 is 52.6 Å². The van der Waals surface area contributed by atoms with Crippen LogP contribution in [0, 0.1) is 5.41 Å². The van der Waals surface area contributed by atoms with E-state index in [2.05, 4.69) is 0 Å². The van der Waals surface area contributed by atoms with E-state index >= 15 is 0 Å². The van der Waals surface area contributed by atoms with Gasteiger partial charge in [-0.05, 0) is 158 Å². The number of carbonyl (C=O) groups excluding carboxylic acids is 16. The van der Waals surface area contributed by atoms with Gasteiger partial charge in [-0.25, -0.2) is 0 Å². The molecule has 5 aliphatic rings. The first-order valence-corrected chi connectivity index (χ1v) is 40.4. The average Bonchev–Trinajstić information content (AvgIpc) is 0.816. The van der Waals surface area contributed by atoms with Gasteiger partial charge in [0.2, 0.25) is 0 Å². The zero-order valence-corrected chi connectivity index (χ0v) is 70.2. The van der Waals surface area contributed by atoms with Crippen LogP contribution in [0.4, 0.5) is 0 Å². The summed E-state index contributed by atoms with van der Waals surface area (Å²) >= 11 is 0. The molecule has 5 aliphatic heterocycles. The molecule has 0 aliphatic carbocycles. The van der Waals surface area contributed by atoms with E-state index in [1.54, 1.807) is 84.9 Å². The van der Waals surface area contributed by atoms with Crippen LogP contribution in [0.15, 0.2) is 133 Å². The molecule has 121 heavy (non-hydrogen) atoms. The standard InChI is InChI=1S/C21H21BO5.C19H25BO5.C18H21BO6.C16H19BO5.C16H17BO5/c1-14(23)19-9-5-8-16-12-17(22(26)27-21(16)19)13-18(24)10-11-20(25)15-6-3-2-4-7-15;1-12(21)16-7-5-6-13-10-14(20(24)25-18(13)16)11-15(22)8-9-17(23)19(2,3)4;1-11(20)8-15(22)6-7-16(23)10-14-9-13-4-3-5-17(12(2)21)18(13)25-19(14)24;2*1-10(18)6-7-14(20)9-13-8-12-4-3-5-15(11(2)19)16(12)22-17(13)21/h2-9,17,26H,10-13H2,1H3;5-7,14,24H,8-11H2,1-4H3;3-5,14,24H,6-10H2,1-2H3;3-5,13,21H,6-9H2,1-2H3;3-7,13,21H,8-9H2,1-2H3/b;;;;7-6+/t17-;2*14-;2*13-/m11111/s1. The fraction of sp³-hybridized carbons (Fsp3) is 0.400. The molecule has 31 heteroatoms. The van der Waals surface area contributed by atoms with Crippen molar-refractivity contribution in [2.45, 2.75) is 227 Å². The number of Topliss-reactive ketones (excluding diaryl/α,β-unsaturated/α-hetero) is 14. The predicted octanol–water partition coefficient (Wildman–Crippen LogP) is 12.1. The molecule has 0 radical (unpaired) electrons. The molecule has 634 valence electrons. The zero-order valence-electron chi connectivity index (χ0n) is 70.2. The van der Waals surface area contributed by atoms with E-state index in [1.807, 2.05) is 57.2 Å². The van der Waals surface area contributed by atoms with Crippen molar-refractivity contribution in [3.8, 4) is 28.7 Å². The monoisotopic (exact) mass is 1650 g/mol. The Hall–Kier alpha value is -11.1. The van der Waals surface area contributed by atoms with Crippen molar-refractivity contribution in [3.63, 3.8) is 0 Å². The first-order valence-electron chi connectivity index (χ1n) is 40.4. The molecular formula is C90H103B5O26. The Labute approximate surface area is 705 Å². The minimum absolute atomic E-state index is 0.0229. The van der Waals surface area contributed by atoms with Crippen molar-refractivity contribution in [1.82, 2.24) is 0 Å². The molecule has 5 heterocycles. The van der Waals surface area contributed by atoms with Crippen LogP contribution in [0.2, 0.25) is 29.1 Å². The van der Waals surface area contributed by atoms with Gasteiger partial charge in [0.15, 0.2) is 46.3 Å². The summed E-state index contributed by atoms with van der Waals surface area (Å²) in [6.45, 7) is 16.9. The van der Waals surface area contributed by atoms with Crippen molar-refractivity contribution in [3.05, 3.63) is 195 Å². The fourth-order valence-corrected chi connectivity index (χ4v) is 14.4. The lowest BCUT2D eigenvalue weighted by Gasteiger charge is -2.28. The summed E-state index contributed by atoms with van der Waals surface area (Å²) in [5.74, 6) is -1.92. The number of rotatable bonds is 32. The summed E-state index contributed by atoms with van der Waals surface area (Å²) in [6.07, 6.45) is 6.35. The molecule has 0 amide bonds. The summed E-state index contributed by atoms with van der Waals surface area (Å²) in [7, 11) is -5.72. The molecule has 0 saturated heterocycles. The molecule has 0 aromatic heterocycles. The third-order valence-electron chi connectivity index (χ3n) is 21.0. The van der Waals surface area contributed by atoms with Crippen molar-refractivity contribution >= 4 is 128 Å². The lowest BCUT2D eigenvalue weighted by atomic mass is 9.64. The van der Waals surface area contributed by atoms with Crippen LogP contribution in [-0.2, 0) is 80.0 Å². The maximum Gasteiger partial charge on any atom is 0.526 e. The van der Waals surface area contributed by atoms with Gasteiger partial charge in [-0.15, -0.1) is 0 Å². The van der Waals surface area contributed by atoms with Gasteiger partial charge < -0.3 is 53.2 Å². The number of allylic oxidation sites excluding steroid dienone is 2. The smallest absolute Gasteiger partial charge is 0.526 e. The van der Waals surface area contributed by atoms with Crippen molar-refractivity contribution in [2.24, 2.45) is 5.41 Å². The summed E-state index contributed by atoms with van der Waals surface area (Å²) in [5, 5.41) is 50.8. The van der Waals surface area contributed by atoms with Crippen LogP contribution in [0.3, 0.4) is 0 Å². The molecule has 26 nitrogen and oxygen atoms in total. The highest BCUT2D eigenvalue weighted by atomic mass is 16.5. The molecule has 5 atom stereocenters. The maximum atomic E-state index is 12.3. The molecular weight excluding hydrogens is 1550 g/mol. The number of hydrogen-bond acceptors (Lipinski definition) is 26. The molecule has 6 aromatic carbocycles. The molecule has 0 fully saturated rings. The van der Waals surface area contributed by atoms with Crippen molar-refractivity contribution in [1.29, 1.82) is 0 Å². The highest BCUT2D eigenvalue weighted by molar-refractivity contribution is 6.49. The quantitative estimate of drug-likeness (QED) is 0.0113. The van der Waals surface area contributed by atoms with Gasteiger partial charge in [-0.3, -0.25) is 71.9 Å². The Morgan fingerprint density at radius 3 is 0.868 bits per heavy atom. The van der Waals surface area contributed by atoms with E-state index in [0.29, 0.717) is 94.2 Å². The van der Waals surface area contributed by atoms with Gasteiger partial charge in [0.05, 0.1) is 34.2 Å². The third-order valence-corrected chi connectivity index (χ3v) is 21.0. The topological polar surface area (TPSA) is 420 Å². The van der Waals surface area contributed by atoms with Gasteiger partial charge in [0.25, 0.3) is 0 Å². The number of benzene rings is 6. The van der Waals surface area contributed by atoms with Gasteiger partial charge >= 0.3 is 35.6 Å². The highest BCUT2D eigenvalue weighted by Crippen LogP contribution is 2.42. The van der Waals surface area contributed by atoms with Gasteiger partial charge in [-0.2, -0.15) is 0 Å². The largest absolute Gasteiger partial charge is 0.535 e. The Morgan fingerprint density at radius 2 is 0.595 bits per heavy atom. The number of hydrogen-bond donors (Lipinski definition) is 5. The van der Waals surface area contributed by atoms with Crippen LogP contribution in [0.25, 0.3) is 0 Å². The van der Waals surface area contributed by atoms with E-state index in [1.165, 1.54) is 67.5 Å². The van der Waals surface area contributed by atoms with Crippen molar-refractivity contribution in [2.75, 3.05) is 0 Å². The molecule has 6 aromatic rings. The van der Waals surface area contributed by atoms with Crippen LogP contribution >= 0.6 is 0 Å². The Balaban J connectivity index is 0.000000209. The minimum atomic E-state index is -1.18. The van der Waals surface area contributed by atoms with Crippen molar-refractivity contribution < 1.29 is 125 Å². The van der Waals surface area contributed by atoms with E-state index in [0.717, 1.165) is 27.8 Å². The predicted molar refractivity (Wildman–Crippen MR) is 454 cm³/mol. The van der Waals surface area contributed by atoms with Crippen LogP contribution in [-0.4, -0.2) is 153 Å². The molecule has 0 spiro atoms. The fourth-order valence-electron chi connectivity index (χ4n) is 14.4. The SMILES string of the molecule is CC(=O)/C=C/C(=O)C[C@H]1Cc2cccc(C(C)=O)c2OB1O.CC(=O)CC(=O)CCC(=O)C[C@H]1Cc2cccc(C(C)=O)c2OB1O.CC(=O)CCC(=O)C[C@H]1Cc2cccc(C(C)=O)c2OB1O.CC(=O)c1cccc2c1OB(O)[C@@H](CC(=O)CCC(=O)C(C)(C)C)C2.CC(=O)c1cccc2c1OB(O)[C@@H](CC(=O)CCC(=O)c1ccccc1)C2.